The lowest BCUT2D eigenvalue weighted by atomic mass is 10.1. The minimum atomic E-state index is -0.512. The van der Waals surface area contributed by atoms with Gasteiger partial charge in [0.1, 0.15) is 0 Å². The van der Waals surface area contributed by atoms with E-state index in [1.165, 1.54) is 11.8 Å². The van der Waals surface area contributed by atoms with Crippen LogP contribution in [0.2, 0.25) is 5.02 Å². The largest absolute Gasteiger partial charge is 0.326 e. The van der Waals surface area contributed by atoms with Gasteiger partial charge in [-0.25, -0.2) is 4.79 Å². The highest BCUT2D eigenvalue weighted by Crippen LogP contribution is 2.37. The van der Waals surface area contributed by atoms with E-state index in [-0.39, 0.29) is 5.56 Å². The van der Waals surface area contributed by atoms with Crippen molar-refractivity contribution in [1.82, 2.24) is 9.97 Å². The Kier molecular flexibility index (Phi) is 4.09. The van der Waals surface area contributed by atoms with Gasteiger partial charge in [-0.1, -0.05) is 60.6 Å². The molecule has 0 aliphatic carbocycles. The first kappa shape index (κ1) is 14.9. The molecule has 0 atom stereocenters. The number of H-pyrrole nitrogens is 2. The Labute approximate surface area is 135 Å². The van der Waals surface area contributed by atoms with Gasteiger partial charge in [-0.2, -0.15) is 0 Å². The summed E-state index contributed by atoms with van der Waals surface area (Å²) in [6.07, 6.45) is 0.527. The van der Waals surface area contributed by atoms with Crippen molar-refractivity contribution >= 4 is 34.1 Å². The molecule has 0 radical (unpaired) electrons. The number of fused-ring (bicyclic) bond motifs is 1. The first-order valence-electron chi connectivity index (χ1n) is 6.80. The van der Waals surface area contributed by atoms with Crippen LogP contribution in [0, 0.1) is 0 Å². The Morgan fingerprint density at radius 2 is 1.86 bits per heavy atom. The zero-order chi connectivity index (χ0) is 15.7. The molecule has 0 bridgehead atoms. The third kappa shape index (κ3) is 2.69. The second kappa shape index (κ2) is 6.02. The quantitative estimate of drug-likeness (QED) is 0.720. The molecule has 1 heterocycles. The molecule has 0 fully saturated rings. The predicted molar refractivity (Wildman–Crippen MR) is 90.1 cm³/mol. The van der Waals surface area contributed by atoms with Crippen LogP contribution in [-0.4, -0.2) is 9.97 Å². The number of aromatic amines is 2. The minimum absolute atomic E-state index is 0.356. The molecule has 3 aromatic rings. The molecular formula is C16H13ClN2O2S. The Hall–Kier alpha value is -1.98. The highest BCUT2D eigenvalue weighted by atomic mass is 35.5. The average molecular weight is 333 g/mol. The molecular weight excluding hydrogens is 320 g/mol. The predicted octanol–water partition coefficient (Wildman–Crippen LogP) is 3.58. The van der Waals surface area contributed by atoms with Gasteiger partial charge < -0.3 is 4.98 Å². The van der Waals surface area contributed by atoms with Crippen molar-refractivity contribution in [2.45, 2.75) is 23.3 Å². The van der Waals surface area contributed by atoms with Gasteiger partial charge in [0.15, 0.2) is 0 Å². The van der Waals surface area contributed by atoms with Gasteiger partial charge in [-0.15, -0.1) is 0 Å². The fourth-order valence-electron chi connectivity index (χ4n) is 2.30. The maximum Gasteiger partial charge on any atom is 0.326 e. The van der Waals surface area contributed by atoms with Crippen molar-refractivity contribution in [2.24, 2.45) is 0 Å². The summed E-state index contributed by atoms with van der Waals surface area (Å²) < 4.78 is 0. The second-order valence-electron chi connectivity index (χ2n) is 4.77. The van der Waals surface area contributed by atoms with E-state index in [9.17, 15) is 9.59 Å². The van der Waals surface area contributed by atoms with Crippen molar-refractivity contribution in [3.63, 3.8) is 0 Å². The summed E-state index contributed by atoms with van der Waals surface area (Å²) in [5.74, 6) is 0. The lowest BCUT2D eigenvalue weighted by molar-refractivity contribution is 0.875. The van der Waals surface area contributed by atoms with Crippen LogP contribution in [0.5, 0.6) is 0 Å². The van der Waals surface area contributed by atoms with Gasteiger partial charge in [0.05, 0.1) is 10.0 Å². The van der Waals surface area contributed by atoms with Crippen LogP contribution in [0.15, 0.2) is 55.9 Å². The molecule has 0 amide bonds. The molecule has 3 rings (SSSR count). The van der Waals surface area contributed by atoms with Crippen LogP contribution in [0.25, 0.3) is 10.8 Å². The molecule has 6 heteroatoms. The van der Waals surface area contributed by atoms with Crippen LogP contribution in [-0.2, 0) is 6.42 Å². The molecule has 1 aromatic heterocycles. The Bertz CT molecular complexity index is 962. The van der Waals surface area contributed by atoms with E-state index in [1.54, 1.807) is 0 Å². The third-order valence-electron chi connectivity index (χ3n) is 3.40. The van der Waals surface area contributed by atoms with Gasteiger partial charge in [-0.05, 0) is 17.9 Å². The molecule has 112 valence electrons. The first-order valence-corrected chi connectivity index (χ1v) is 8.00. The smallest absolute Gasteiger partial charge is 0.301 e. The van der Waals surface area contributed by atoms with Crippen LogP contribution in [0.1, 0.15) is 12.5 Å². The Morgan fingerprint density at radius 3 is 2.64 bits per heavy atom. The molecule has 22 heavy (non-hydrogen) atoms. The summed E-state index contributed by atoms with van der Waals surface area (Å²) in [6.45, 7) is 1.87. The van der Waals surface area contributed by atoms with Crippen molar-refractivity contribution in [2.75, 3.05) is 0 Å². The summed E-state index contributed by atoms with van der Waals surface area (Å²) in [4.78, 5) is 29.1. The monoisotopic (exact) mass is 332 g/mol. The SMILES string of the molecule is CCc1c(Sc2ccc3ccccc3c2Cl)[nH]c(=O)[nH]c1=O. The normalized spacial score (nSPS) is 11.0. The van der Waals surface area contributed by atoms with Crippen molar-refractivity contribution in [1.29, 1.82) is 0 Å². The van der Waals surface area contributed by atoms with E-state index in [4.69, 9.17) is 11.6 Å². The maximum atomic E-state index is 11.9. The second-order valence-corrected chi connectivity index (χ2v) is 6.20. The lowest BCUT2D eigenvalue weighted by Gasteiger charge is -2.09. The fraction of sp³-hybridized carbons (Fsp3) is 0.125. The number of benzene rings is 2. The fourth-order valence-corrected chi connectivity index (χ4v) is 3.71. The van der Waals surface area contributed by atoms with Gasteiger partial charge in [0.2, 0.25) is 0 Å². The summed E-state index contributed by atoms with van der Waals surface area (Å²) in [6, 6.07) is 11.7. The molecule has 0 aliphatic rings. The molecule has 2 aromatic carbocycles. The molecule has 0 saturated heterocycles. The molecule has 2 N–H and O–H groups in total. The van der Waals surface area contributed by atoms with Gasteiger partial charge in [-0.3, -0.25) is 9.78 Å². The number of hydrogen-bond acceptors (Lipinski definition) is 3. The van der Waals surface area contributed by atoms with E-state index in [2.05, 4.69) is 9.97 Å². The first-order chi connectivity index (χ1) is 10.6. The number of aromatic nitrogens is 2. The zero-order valence-electron chi connectivity index (χ0n) is 11.8. The number of rotatable bonds is 3. The topological polar surface area (TPSA) is 65.7 Å². The summed E-state index contributed by atoms with van der Waals surface area (Å²) in [7, 11) is 0. The standard InChI is InChI=1S/C16H13ClN2O2S/c1-2-10-14(20)18-16(21)19-15(10)22-12-8-7-9-5-3-4-6-11(9)13(12)17/h3-8H,2H2,1H3,(H2,18,19,20,21). The third-order valence-corrected chi connectivity index (χ3v) is 5.03. The van der Waals surface area contributed by atoms with Gasteiger partial charge >= 0.3 is 5.69 Å². The Morgan fingerprint density at radius 1 is 1.09 bits per heavy atom. The molecule has 4 nitrogen and oxygen atoms in total. The Balaban J connectivity index is 2.13. The van der Waals surface area contributed by atoms with Crippen LogP contribution >= 0.6 is 23.4 Å². The van der Waals surface area contributed by atoms with E-state index >= 15 is 0 Å². The summed E-state index contributed by atoms with van der Waals surface area (Å²) >= 11 is 7.77. The average Bonchev–Trinajstić information content (AvgIpc) is 2.50. The van der Waals surface area contributed by atoms with Crippen molar-refractivity contribution in [3.05, 3.63) is 67.8 Å². The van der Waals surface area contributed by atoms with Crippen LogP contribution in [0.4, 0.5) is 0 Å². The van der Waals surface area contributed by atoms with Crippen LogP contribution < -0.4 is 11.2 Å². The van der Waals surface area contributed by atoms with E-state index in [1.807, 2.05) is 43.3 Å². The van der Waals surface area contributed by atoms with Crippen LogP contribution in [0.3, 0.4) is 0 Å². The van der Waals surface area contributed by atoms with Gasteiger partial charge in [0.25, 0.3) is 5.56 Å². The highest BCUT2D eigenvalue weighted by Gasteiger charge is 2.12. The van der Waals surface area contributed by atoms with Crippen molar-refractivity contribution < 1.29 is 0 Å². The zero-order valence-corrected chi connectivity index (χ0v) is 13.3. The number of nitrogens with one attached hydrogen (secondary N) is 2. The van der Waals surface area contributed by atoms with E-state index in [0.29, 0.717) is 22.0 Å². The lowest BCUT2D eigenvalue weighted by Crippen LogP contribution is -2.26. The molecule has 0 aliphatic heterocycles. The maximum absolute atomic E-state index is 11.9. The molecule has 0 saturated carbocycles. The molecule has 0 spiro atoms. The number of hydrogen-bond donors (Lipinski definition) is 2. The highest BCUT2D eigenvalue weighted by molar-refractivity contribution is 7.99. The minimum Gasteiger partial charge on any atom is -0.301 e. The summed E-state index contributed by atoms with van der Waals surface area (Å²) in [5, 5.41) is 3.14. The van der Waals surface area contributed by atoms with Crippen molar-refractivity contribution in [3.8, 4) is 0 Å². The molecule has 0 unspecified atom stereocenters. The number of halogens is 1. The van der Waals surface area contributed by atoms with E-state index in [0.717, 1.165) is 15.7 Å². The van der Waals surface area contributed by atoms with Gasteiger partial charge in [0, 0.05) is 15.8 Å². The van der Waals surface area contributed by atoms with E-state index < -0.39 is 5.69 Å². The summed E-state index contributed by atoms with van der Waals surface area (Å²) in [5.41, 5.74) is -0.318.